The Morgan fingerprint density at radius 2 is 1.06 bits per heavy atom. The number of methoxy groups -OCH3 is 1. The molecule has 0 radical (unpaired) electrons. The molecule has 0 bridgehead atoms. The minimum absolute atomic E-state index is 0.0152. The van der Waals surface area contributed by atoms with Gasteiger partial charge < -0.3 is 4.74 Å². The molecule has 0 fully saturated rings. The summed E-state index contributed by atoms with van der Waals surface area (Å²) in [6.07, 6.45) is 3.36. The first-order valence-electron chi connectivity index (χ1n) is 26.3. The van der Waals surface area contributed by atoms with Crippen molar-refractivity contribution in [3.63, 3.8) is 0 Å². The molecule has 1 aliphatic heterocycles. The zero-order chi connectivity index (χ0) is 60.9. The van der Waals surface area contributed by atoms with Gasteiger partial charge in [-0.05, 0) is 107 Å². The fourth-order valence-corrected chi connectivity index (χ4v) is 19.5. The number of ether oxygens (including phenoxy) is 1. The zero-order valence-corrected chi connectivity index (χ0v) is 50.9. The highest BCUT2D eigenvalue weighted by atomic mass is 32.1. The van der Waals surface area contributed by atoms with Crippen LogP contribution in [0.15, 0.2) is 85.7 Å². The van der Waals surface area contributed by atoms with E-state index in [0.29, 0.717) is 39.6 Å². The molecule has 0 saturated heterocycles. The smallest absolute Gasteiger partial charge is 0.270 e. The highest BCUT2D eigenvalue weighted by Gasteiger charge is 2.44. The number of carbonyl (C=O) groups is 2. The van der Waals surface area contributed by atoms with Gasteiger partial charge in [0.15, 0.2) is 11.6 Å². The van der Waals surface area contributed by atoms with Crippen molar-refractivity contribution < 1.29 is 14.3 Å². The minimum Gasteiger partial charge on any atom is -0.495 e. The molecular formula is C65H31N13O3S6. The number of nitrogens with zero attached hydrogens (tertiary/aromatic N) is 13. The maximum absolute atomic E-state index is 14.2. The number of carbonyl (C=O) groups excluding carboxylic acids is 2. The summed E-state index contributed by atoms with van der Waals surface area (Å²) in [6.45, 7) is 34.3. The molecule has 410 valence electrons. The lowest BCUT2D eigenvalue weighted by atomic mass is 9.83. The van der Waals surface area contributed by atoms with Crippen molar-refractivity contribution in [1.82, 2.24) is 15.0 Å². The molecule has 87 heavy (non-hydrogen) atoms. The zero-order valence-electron chi connectivity index (χ0n) is 46.0. The van der Waals surface area contributed by atoms with Gasteiger partial charge in [-0.25, -0.2) is 19.8 Å². The fraction of sp³-hybridized carbons (Fsp3) is 0.138. The van der Waals surface area contributed by atoms with Crippen molar-refractivity contribution in [3.8, 4) is 86.2 Å². The third kappa shape index (κ3) is 7.59. The Labute approximate surface area is 519 Å². The molecule has 0 atom stereocenters. The highest BCUT2D eigenvalue weighted by molar-refractivity contribution is 7.58. The van der Waals surface area contributed by atoms with Gasteiger partial charge in [0.2, 0.25) is 11.4 Å². The number of fused-ring (bicyclic) bond motifs is 10. The molecule has 16 nitrogen and oxygen atoms in total. The number of benzene rings is 3. The molecule has 6 aromatic heterocycles. The standard InChI is InChI=1S/C65H31N13O3S6/c1-10-78-74-53-51(46-19-39-60(84-46)59-38(64(39,2)3)15-30(82-59)13-36-49(29(24-68)25-69)32-11-27(22-66)43(72-7)18-35(32)58(36)80)55-56(77-87-76-55)52(54(53)75-78)47-20-40-61(85-47)62-41(65(40,4)5)21-48(86-62)63-45(81-9)16-31(83-63)14-37-50(44(26-70)73-8)33-17-42(71-6)28(23-67)12-34(33)57(37)79/h11-21H,10H2,1-5,9H3/b36-13-,37-14-,50-44+. The number of ketones is 2. The number of nitriles is 5. The van der Waals surface area contributed by atoms with Crippen LogP contribution < -0.4 is 4.74 Å². The van der Waals surface area contributed by atoms with E-state index in [0.717, 1.165) is 88.6 Å². The molecule has 5 aliphatic rings. The lowest BCUT2D eigenvalue weighted by Crippen LogP contribution is -2.13. The SMILES string of the molecule is [C-]#[N+]/C(C#N)=C1/C(=C/c2cc(OC)c(-c3cc4c(s3)-c3sc(-c5c6c(c(-c7cc8c(s7)-c7sc(/C=C9\C(=O)c%10cc([N+]#[C-])c(C#N)cc%10C9=C(C#N)C#N)cc7C8(C)C)c7nn(CC)nc57)N=S=N6)cc3C4(C)C)s2)C(=O)c2cc(C#N)c([N+]#[C-])cc21. The van der Waals surface area contributed by atoms with Gasteiger partial charge >= 0.3 is 0 Å². The normalized spacial score (nSPS) is 16.1. The maximum atomic E-state index is 14.2. The molecule has 14 rings (SSSR count). The van der Waals surface area contributed by atoms with E-state index in [4.69, 9.17) is 43.4 Å². The van der Waals surface area contributed by atoms with Crippen molar-refractivity contribution in [2.45, 2.75) is 52.0 Å². The van der Waals surface area contributed by atoms with Crippen molar-refractivity contribution in [3.05, 3.63) is 177 Å². The van der Waals surface area contributed by atoms with Crippen LogP contribution in [0.3, 0.4) is 0 Å². The van der Waals surface area contributed by atoms with Gasteiger partial charge in [0.25, 0.3) is 5.70 Å². The highest BCUT2D eigenvalue weighted by Crippen LogP contribution is 2.64. The van der Waals surface area contributed by atoms with E-state index in [1.165, 1.54) is 46.9 Å². The Morgan fingerprint density at radius 1 is 0.598 bits per heavy atom. The molecular weight excluding hydrogens is 1200 g/mol. The number of hydrogen-bond donors (Lipinski definition) is 0. The predicted octanol–water partition coefficient (Wildman–Crippen LogP) is 17.5. The average Bonchev–Trinajstić information content (AvgIpc) is 1.75. The molecule has 4 aliphatic carbocycles. The van der Waals surface area contributed by atoms with Crippen LogP contribution in [0, 0.1) is 76.4 Å². The van der Waals surface area contributed by atoms with Gasteiger partial charge in [-0.15, -0.1) is 56.7 Å². The van der Waals surface area contributed by atoms with E-state index < -0.39 is 22.4 Å². The number of aromatic nitrogens is 3. The van der Waals surface area contributed by atoms with E-state index in [2.05, 4.69) is 66.5 Å². The Kier molecular flexibility index (Phi) is 12.2. The molecule has 7 heterocycles. The number of rotatable bonds is 7. The monoisotopic (exact) mass is 1230 g/mol. The molecule has 0 amide bonds. The van der Waals surface area contributed by atoms with Crippen LogP contribution in [0.2, 0.25) is 0 Å². The van der Waals surface area contributed by atoms with Crippen LogP contribution in [-0.4, -0.2) is 33.7 Å². The van der Waals surface area contributed by atoms with Crippen LogP contribution >= 0.6 is 56.7 Å². The summed E-state index contributed by atoms with van der Waals surface area (Å²) >= 11 is 8.99. The minimum atomic E-state index is -0.479. The molecule has 0 saturated carbocycles. The summed E-state index contributed by atoms with van der Waals surface area (Å²) < 4.78 is 16.0. The van der Waals surface area contributed by atoms with E-state index >= 15 is 0 Å². The summed E-state index contributed by atoms with van der Waals surface area (Å²) in [6, 6.07) is 25.9. The molecule has 0 unspecified atom stereocenters. The summed E-state index contributed by atoms with van der Waals surface area (Å²) in [5, 5.41) is 60.1. The van der Waals surface area contributed by atoms with E-state index in [1.807, 2.05) is 43.3 Å². The van der Waals surface area contributed by atoms with Crippen LogP contribution in [0.5, 0.6) is 5.75 Å². The van der Waals surface area contributed by atoms with E-state index in [-0.39, 0.29) is 78.3 Å². The van der Waals surface area contributed by atoms with Crippen LogP contribution in [0.25, 0.3) is 99.0 Å². The third-order valence-electron chi connectivity index (χ3n) is 16.4. The van der Waals surface area contributed by atoms with Gasteiger partial charge in [-0.1, -0.05) is 27.7 Å². The summed E-state index contributed by atoms with van der Waals surface area (Å²) in [7, 11) is 1.59. The van der Waals surface area contributed by atoms with Gasteiger partial charge in [0.1, 0.15) is 45.9 Å². The summed E-state index contributed by atoms with van der Waals surface area (Å²) in [5.41, 5.74) is 9.00. The molecule has 3 aromatic carbocycles. The Balaban J connectivity index is 0.836. The van der Waals surface area contributed by atoms with Crippen LogP contribution in [0.1, 0.15) is 110 Å². The summed E-state index contributed by atoms with van der Waals surface area (Å²) in [5.74, 6) is -0.315. The van der Waals surface area contributed by atoms with E-state index in [1.54, 1.807) is 58.1 Å². The quantitative estimate of drug-likeness (QED) is 0.0832. The van der Waals surface area contributed by atoms with Crippen molar-refractivity contribution in [2.75, 3.05) is 7.11 Å². The Bertz CT molecular complexity index is 5420. The second-order valence-corrected chi connectivity index (χ2v) is 27.4. The first-order valence-corrected chi connectivity index (χ1v) is 31.1. The van der Waals surface area contributed by atoms with Gasteiger partial charge in [0, 0.05) is 88.1 Å². The largest absolute Gasteiger partial charge is 0.495 e. The third-order valence-corrected chi connectivity index (χ3v) is 23.0. The van der Waals surface area contributed by atoms with Crippen molar-refractivity contribution in [1.29, 1.82) is 26.3 Å². The van der Waals surface area contributed by atoms with Crippen molar-refractivity contribution in [2.24, 2.45) is 8.73 Å². The van der Waals surface area contributed by atoms with Gasteiger partial charge in [-0.3, -0.25) is 9.59 Å². The molecule has 9 aromatic rings. The van der Waals surface area contributed by atoms with Crippen molar-refractivity contribution >= 4 is 137 Å². The Hall–Kier alpha value is -10.6. The second kappa shape index (κ2) is 19.5. The van der Waals surface area contributed by atoms with Crippen LogP contribution in [0.4, 0.5) is 22.7 Å². The number of aryl methyl sites for hydroxylation is 1. The predicted molar refractivity (Wildman–Crippen MR) is 339 cm³/mol. The Morgan fingerprint density at radius 3 is 1.56 bits per heavy atom. The maximum Gasteiger partial charge on any atom is 0.270 e. The number of allylic oxidation sites excluding steroid dienone is 6. The second-order valence-electron chi connectivity index (χ2n) is 21.5. The number of Topliss-reactive ketones (excluding diaryl/α,β-unsaturated/α-hetero) is 2. The van der Waals surface area contributed by atoms with Crippen LogP contribution in [-0.2, 0) is 28.7 Å². The first-order chi connectivity index (χ1) is 42.0. The van der Waals surface area contributed by atoms with Gasteiger partial charge in [-0.2, -0.15) is 44.8 Å². The number of thiophene rings is 5. The first kappa shape index (κ1) is 54.3. The molecule has 22 heteroatoms. The molecule has 0 spiro atoms. The average molecular weight is 1230 g/mol. The summed E-state index contributed by atoms with van der Waals surface area (Å²) in [4.78, 5) is 49.7. The lowest BCUT2D eigenvalue weighted by molar-refractivity contribution is 0.103. The van der Waals surface area contributed by atoms with E-state index in [9.17, 15) is 35.9 Å². The molecule has 0 N–H and O–H groups in total. The fourth-order valence-electron chi connectivity index (χ4n) is 12.2. The van der Waals surface area contributed by atoms with Gasteiger partial charge in [0.05, 0.1) is 90.1 Å². The topological polar surface area (TPSA) is 231 Å². The number of hydrogen-bond acceptors (Lipinski definition) is 17. The lowest BCUT2D eigenvalue weighted by Gasteiger charge is -2.19.